The number of thiazole rings is 1. The maximum absolute atomic E-state index is 6.19. The van der Waals surface area contributed by atoms with Crippen molar-refractivity contribution < 1.29 is 0 Å². The zero-order chi connectivity index (χ0) is 13.2. The molecule has 0 atom stereocenters. The Hall–Kier alpha value is -0.900. The van der Waals surface area contributed by atoms with Crippen LogP contribution in [0.5, 0.6) is 0 Å². The van der Waals surface area contributed by atoms with Gasteiger partial charge in [-0.05, 0) is 37.1 Å². The lowest BCUT2D eigenvalue weighted by molar-refractivity contribution is 0.302. The molecular weight excluding hydrogens is 276 g/mol. The molecule has 0 bridgehead atoms. The van der Waals surface area contributed by atoms with Crippen LogP contribution in [0.4, 0.5) is 0 Å². The van der Waals surface area contributed by atoms with Crippen molar-refractivity contribution in [3.8, 4) is 0 Å². The molecular formula is C15H17ClN2S. The predicted molar refractivity (Wildman–Crippen MR) is 84.0 cm³/mol. The Morgan fingerprint density at radius 1 is 1.42 bits per heavy atom. The van der Waals surface area contributed by atoms with E-state index in [2.05, 4.69) is 24.0 Å². The van der Waals surface area contributed by atoms with Crippen LogP contribution in [0.2, 0.25) is 5.02 Å². The molecule has 0 fully saturated rings. The summed E-state index contributed by atoms with van der Waals surface area (Å²) in [5.74, 6) is 0. The van der Waals surface area contributed by atoms with E-state index in [1.165, 1.54) is 23.2 Å². The van der Waals surface area contributed by atoms with Crippen molar-refractivity contribution in [1.82, 2.24) is 9.88 Å². The van der Waals surface area contributed by atoms with Gasteiger partial charge in [-0.15, -0.1) is 11.3 Å². The van der Waals surface area contributed by atoms with Gasteiger partial charge < -0.3 is 0 Å². The van der Waals surface area contributed by atoms with Crippen molar-refractivity contribution in [3.05, 3.63) is 34.3 Å². The quantitative estimate of drug-likeness (QED) is 0.831. The van der Waals surface area contributed by atoms with E-state index in [1.807, 2.05) is 12.1 Å². The number of hydrogen-bond donors (Lipinski definition) is 0. The van der Waals surface area contributed by atoms with E-state index in [0.29, 0.717) is 0 Å². The standard InChI is InChI=1S/C15H17ClN2S/c1-2-8-18-9-6-11(7-10-18)15-17-14-12(16)4-3-5-13(14)19-15/h3-6H,2,7-10H2,1H3. The molecule has 0 N–H and O–H groups in total. The van der Waals surface area contributed by atoms with Crippen LogP contribution in [0.3, 0.4) is 0 Å². The Morgan fingerprint density at radius 3 is 3.00 bits per heavy atom. The molecule has 3 rings (SSSR count). The molecule has 0 saturated carbocycles. The van der Waals surface area contributed by atoms with Gasteiger partial charge in [-0.3, -0.25) is 4.90 Å². The third-order valence-electron chi connectivity index (χ3n) is 3.48. The molecule has 2 nitrogen and oxygen atoms in total. The molecule has 1 aliphatic heterocycles. The number of para-hydroxylation sites is 1. The molecule has 2 aromatic rings. The third kappa shape index (κ3) is 2.69. The fraction of sp³-hybridized carbons (Fsp3) is 0.400. The van der Waals surface area contributed by atoms with E-state index in [9.17, 15) is 0 Å². The monoisotopic (exact) mass is 292 g/mol. The second-order valence-electron chi connectivity index (χ2n) is 4.89. The van der Waals surface area contributed by atoms with Crippen molar-refractivity contribution >= 4 is 38.7 Å². The first-order valence-electron chi connectivity index (χ1n) is 6.74. The molecule has 0 amide bonds. The Labute approximate surface area is 122 Å². The largest absolute Gasteiger partial charge is 0.299 e. The number of halogens is 1. The van der Waals surface area contributed by atoms with Gasteiger partial charge in [-0.1, -0.05) is 30.7 Å². The van der Waals surface area contributed by atoms with Gasteiger partial charge in [-0.25, -0.2) is 4.98 Å². The number of aromatic nitrogens is 1. The first-order chi connectivity index (χ1) is 9.28. The second-order valence-corrected chi connectivity index (χ2v) is 6.32. The number of benzene rings is 1. The smallest absolute Gasteiger partial charge is 0.120 e. The zero-order valence-corrected chi connectivity index (χ0v) is 12.6. The summed E-state index contributed by atoms with van der Waals surface area (Å²) < 4.78 is 1.18. The Bertz CT molecular complexity index is 618. The molecule has 0 unspecified atom stereocenters. The summed E-state index contributed by atoms with van der Waals surface area (Å²) in [5.41, 5.74) is 2.32. The normalized spacial score (nSPS) is 16.8. The van der Waals surface area contributed by atoms with Crippen molar-refractivity contribution in [3.63, 3.8) is 0 Å². The molecule has 0 radical (unpaired) electrons. The van der Waals surface area contributed by atoms with E-state index < -0.39 is 0 Å². The number of fused-ring (bicyclic) bond motifs is 1. The van der Waals surface area contributed by atoms with E-state index in [4.69, 9.17) is 16.6 Å². The molecule has 2 heterocycles. The molecule has 0 spiro atoms. The summed E-state index contributed by atoms with van der Waals surface area (Å²) >= 11 is 7.94. The fourth-order valence-electron chi connectivity index (χ4n) is 2.48. The summed E-state index contributed by atoms with van der Waals surface area (Å²) in [4.78, 5) is 7.20. The van der Waals surface area contributed by atoms with Gasteiger partial charge in [0, 0.05) is 13.1 Å². The first kappa shape index (κ1) is 13.1. The van der Waals surface area contributed by atoms with Gasteiger partial charge in [0.1, 0.15) is 10.5 Å². The lowest BCUT2D eigenvalue weighted by Crippen LogP contribution is -2.29. The second kappa shape index (κ2) is 5.61. The average molecular weight is 293 g/mol. The minimum absolute atomic E-state index is 0.754. The van der Waals surface area contributed by atoms with E-state index in [1.54, 1.807) is 11.3 Å². The predicted octanol–water partition coefficient (Wildman–Crippen LogP) is 4.45. The SMILES string of the molecule is CCCN1CC=C(c2nc3c(Cl)cccc3s2)CC1. The van der Waals surface area contributed by atoms with Crippen LogP contribution >= 0.6 is 22.9 Å². The highest BCUT2D eigenvalue weighted by atomic mass is 35.5. The maximum atomic E-state index is 6.19. The molecule has 19 heavy (non-hydrogen) atoms. The van der Waals surface area contributed by atoms with E-state index in [0.717, 1.165) is 35.1 Å². The summed E-state index contributed by atoms with van der Waals surface area (Å²) in [6.07, 6.45) is 4.64. The highest BCUT2D eigenvalue weighted by Gasteiger charge is 2.15. The third-order valence-corrected chi connectivity index (χ3v) is 4.88. The molecule has 100 valence electrons. The van der Waals surface area contributed by atoms with Crippen molar-refractivity contribution in [2.75, 3.05) is 19.6 Å². The molecule has 1 aromatic carbocycles. The minimum atomic E-state index is 0.754. The summed E-state index contributed by atoms with van der Waals surface area (Å²) in [6, 6.07) is 5.99. The number of nitrogens with zero attached hydrogens (tertiary/aromatic N) is 2. The van der Waals surface area contributed by atoms with E-state index in [-0.39, 0.29) is 0 Å². The van der Waals surface area contributed by atoms with Gasteiger partial charge in [0.25, 0.3) is 0 Å². The first-order valence-corrected chi connectivity index (χ1v) is 7.94. The fourth-order valence-corrected chi connectivity index (χ4v) is 3.81. The highest BCUT2D eigenvalue weighted by Crippen LogP contribution is 2.33. The maximum Gasteiger partial charge on any atom is 0.120 e. The van der Waals surface area contributed by atoms with Crippen LogP contribution < -0.4 is 0 Å². The van der Waals surface area contributed by atoms with Gasteiger partial charge in [0.2, 0.25) is 0 Å². The van der Waals surface area contributed by atoms with Crippen molar-refractivity contribution in [2.45, 2.75) is 19.8 Å². The van der Waals surface area contributed by atoms with Gasteiger partial charge in [0.05, 0.1) is 9.72 Å². The Morgan fingerprint density at radius 2 is 2.32 bits per heavy atom. The lowest BCUT2D eigenvalue weighted by Gasteiger charge is -2.24. The summed E-state index contributed by atoms with van der Waals surface area (Å²) in [5, 5.41) is 1.89. The molecule has 4 heteroatoms. The minimum Gasteiger partial charge on any atom is -0.299 e. The van der Waals surface area contributed by atoms with Crippen LogP contribution in [0, 0.1) is 0 Å². The summed E-state index contributed by atoms with van der Waals surface area (Å²) in [7, 11) is 0. The Kier molecular flexibility index (Phi) is 3.87. The Balaban J connectivity index is 1.87. The van der Waals surface area contributed by atoms with Gasteiger partial charge in [-0.2, -0.15) is 0 Å². The van der Waals surface area contributed by atoms with Crippen LogP contribution in [0.25, 0.3) is 15.8 Å². The number of hydrogen-bond acceptors (Lipinski definition) is 3. The molecule has 0 aliphatic carbocycles. The van der Waals surface area contributed by atoms with Gasteiger partial charge >= 0.3 is 0 Å². The highest BCUT2D eigenvalue weighted by molar-refractivity contribution is 7.19. The molecule has 1 aromatic heterocycles. The van der Waals surface area contributed by atoms with Crippen molar-refractivity contribution in [1.29, 1.82) is 0 Å². The zero-order valence-electron chi connectivity index (χ0n) is 11.0. The molecule has 1 aliphatic rings. The average Bonchev–Trinajstić information content (AvgIpc) is 2.85. The van der Waals surface area contributed by atoms with E-state index >= 15 is 0 Å². The van der Waals surface area contributed by atoms with Crippen LogP contribution in [0.15, 0.2) is 24.3 Å². The van der Waals surface area contributed by atoms with Crippen LogP contribution in [-0.4, -0.2) is 29.5 Å². The van der Waals surface area contributed by atoms with Crippen LogP contribution in [-0.2, 0) is 0 Å². The molecule has 0 saturated heterocycles. The topological polar surface area (TPSA) is 16.1 Å². The van der Waals surface area contributed by atoms with Gasteiger partial charge in [0.15, 0.2) is 0 Å². The van der Waals surface area contributed by atoms with Crippen LogP contribution in [0.1, 0.15) is 24.8 Å². The lowest BCUT2D eigenvalue weighted by atomic mass is 10.1. The summed E-state index contributed by atoms with van der Waals surface area (Å²) in [6.45, 7) is 5.61. The number of rotatable bonds is 3. The van der Waals surface area contributed by atoms with Crippen molar-refractivity contribution in [2.24, 2.45) is 0 Å².